The molecule has 1 saturated carbocycles. The number of rotatable bonds is 3. The van der Waals surface area contributed by atoms with E-state index >= 15 is 0 Å². The van der Waals surface area contributed by atoms with Crippen LogP contribution >= 0.6 is 0 Å². The fourth-order valence-corrected chi connectivity index (χ4v) is 4.08. The lowest BCUT2D eigenvalue weighted by atomic mass is 9.62. The maximum absolute atomic E-state index is 12.3. The molecule has 6 nitrogen and oxygen atoms in total. The maximum Gasteiger partial charge on any atom is 0.407 e. The second kappa shape index (κ2) is 7.36. The number of nitrogens with two attached hydrogens (primary N) is 1. The van der Waals surface area contributed by atoms with Gasteiger partial charge in [-0.3, -0.25) is 4.99 Å². The number of hydrogen-bond acceptors (Lipinski definition) is 5. The summed E-state index contributed by atoms with van der Waals surface area (Å²) in [5.41, 5.74) is 6.45. The summed E-state index contributed by atoms with van der Waals surface area (Å²) >= 11 is 0. The minimum atomic E-state index is -0.523. The van der Waals surface area contributed by atoms with E-state index in [9.17, 15) is 4.79 Å². The summed E-state index contributed by atoms with van der Waals surface area (Å²) in [6, 6.07) is -0.0999. The predicted molar refractivity (Wildman–Crippen MR) is 99.3 cm³/mol. The van der Waals surface area contributed by atoms with Gasteiger partial charge in [0.15, 0.2) is 0 Å². The van der Waals surface area contributed by atoms with Crippen LogP contribution in [0.3, 0.4) is 0 Å². The number of carbonyl (C=O) groups excluding carboxylic acids is 1. The lowest BCUT2D eigenvalue weighted by molar-refractivity contribution is -0.0328. The zero-order valence-corrected chi connectivity index (χ0v) is 16.3. The summed E-state index contributed by atoms with van der Waals surface area (Å²) < 4.78 is 11.1. The molecule has 5 atom stereocenters. The van der Waals surface area contributed by atoms with Crippen molar-refractivity contribution in [3.63, 3.8) is 0 Å². The van der Waals surface area contributed by atoms with Crippen LogP contribution in [-0.2, 0) is 9.47 Å². The van der Waals surface area contributed by atoms with Gasteiger partial charge < -0.3 is 20.5 Å². The van der Waals surface area contributed by atoms with Crippen molar-refractivity contribution in [2.75, 3.05) is 7.11 Å². The third-order valence-corrected chi connectivity index (χ3v) is 5.52. The molecule has 1 aliphatic heterocycles. The first-order valence-electron chi connectivity index (χ1n) is 9.07. The molecular formula is C19H33N3O3. The van der Waals surface area contributed by atoms with Crippen LogP contribution in [0, 0.1) is 17.3 Å². The maximum atomic E-state index is 12.3. The summed E-state index contributed by atoms with van der Waals surface area (Å²) in [7, 11) is 1.70. The van der Waals surface area contributed by atoms with E-state index in [1.54, 1.807) is 13.3 Å². The molecule has 1 aliphatic carbocycles. The number of alkyl carbamates (subject to hydrolysis) is 1. The van der Waals surface area contributed by atoms with Gasteiger partial charge in [-0.05, 0) is 51.9 Å². The number of ether oxygens (including phenoxy) is 2. The number of carbonyl (C=O) groups is 1. The van der Waals surface area contributed by atoms with Gasteiger partial charge in [0.05, 0.1) is 12.1 Å². The van der Waals surface area contributed by atoms with Crippen LogP contribution in [-0.4, -0.2) is 37.2 Å². The van der Waals surface area contributed by atoms with Crippen LogP contribution in [0.5, 0.6) is 0 Å². The largest absolute Gasteiger partial charge is 0.444 e. The predicted octanol–water partition coefficient (Wildman–Crippen LogP) is 3.22. The van der Waals surface area contributed by atoms with Crippen molar-refractivity contribution < 1.29 is 14.3 Å². The Labute approximate surface area is 151 Å². The number of allylic oxidation sites excluding steroid dienone is 1. The first-order chi connectivity index (χ1) is 11.6. The van der Waals surface area contributed by atoms with Gasteiger partial charge >= 0.3 is 6.09 Å². The molecule has 5 unspecified atom stereocenters. The van der Waals surface area contributed by atoms with Gasteiger partial charge in [-0.25, -0.2) is 4.79 Å². The second-order valence-corrected chi connectivity index (χ2v) is 8.64. The molecule has 1 amide bonds. The fraction of sp³-hybridized carbons (Fsp3) is 0.789. The number of nitrogens with zero attached hydrogens (tertiary/aromatic N) is 1. The van der Waals surface area contributed by atoms with E-state index in [1.807, 2.05) is 27.0 Å². The van der Waals surface area contributed by atoms with Gasteiger partial charge in [0.25, 0.3) is 0 Å². The minimum Gasteiger partial charge on any atom is -0.444 e. The number of amides is 1. The van der Waals surface area contributed by atoms with E-state index in [4.69, 9.17) is 15.2 Å². The summed E-state index contributed by atoms with van der Waals surface area (Å²) in [5, 5.41) is 3.03. The number of methoxy groups -OCH3 is 1. The van der Waals surface area contributed by atoms with Crippen LogP contribution in [0.2, 0.25) is 0 Å². The molecule has 2 rings (SSSR count). The first-order valence-corrected chi connectivity index (χ1v) is 9.07. The summed E-state index contributed by atoms with van der Waals surface area (Å²) in [6.07, 6.45) is 5.89. The topological polar surface area (TPSA) is 85.9 Å². The van der Waals surface area contributed by atoms with Gasteiger partial charge in [0.1, 0.15) is 5.60 Å². The highest BCUT2D eigenvalue weighted by Crippen LogP contribution is 2.47. The van der Waals surface area contributed by atoms with E-state index in [-0.39, 0.29) is 17.6 Å². The summed E-state index contributed by atoms with van der Waals surface area (Å²) in [6.45, 7) is 9.95. The standard InChI is InChI=1S/C19H33N3O3/c1-12-9-13(19(5)7-8-21-11-15(19)20)10-14(16(12)24-6)22-17(23)25-18(2,3)4/h8,11-14,16H,7,9-10,20H2,1-6H3,(H,22,23). The molecular weight excluding hydrogens is 318 g/mol. The van der Waals surface area contributed by atoms with Gasteiger partial charge in [-0.2, -0.15) is 0 Å². The second-order valence-electron chi connectivity index (χ2n) is 8.64. The van der Waals surface area contributed by atoms with Gasteiger partial charge in [0.2, 0.25) is 0 Å². The highest BCUT2D eigenvalue weighted by molar-refractivity contribution is 5.68. The Kier molecular flexibility index (Phi) is 5.82. The van der Waals surface area contributed by atoms with E-state index in [0.29, 0.717) is 11.8 Å². The molecule has 3 N–H and O–H groups in total. The molecule has 0 aromatic carbocycles. The van der Waals surface area contributed by atoms with Gasteiger partial charge in [-0.1, -0.05) is 13.8 Å². The smallest absolute Gasteiger partial charge is 0.407 e. The molecule has 0 spiro atoms. The lowest BCUT2D eigenvalue weighted by Gasteiger charge is -2.47. The third-order valence-electron chi connectivity index (χ3n) is 5.52. The fourth-order valence-electron chi connectivity index (χ4n) is 4.08. The van der Waals surface area contributed by atoms with E-state index in [0.717, 1.165) is 25.0 Å². The van der Waals surface area contributed by atoms with Gasteiger partial charge in [0, 0.05) is 30.6 Å². The average molecular weight is 351 g/mol. The van der Waals surface area contributed by atoms with Crippen molar-refractivity contribution in [1.82, 2.24) is 5.32 Å². The van der Waals surface area contributed by atoms with Crippen LogP contribution in [0.1, 0.15) is 53.9 Å². The zero-order valence-electron chi connectivity index (χ0n) is 16.3. The zero-order chi connectivity index (χ0) is 18.8. The number of nitrogens with one attached hydrogen (secondary N) is 1. The molecule has 25 heavy (non-hydrogen) atoms. The van der Waals surface area contributed by atoms with Crippen LogP contribution in [0.25, 0.3) is 0 Å². The van der Waals surface area contributed by atoms with Crippen molar-refractivity contribution in [3.05, 3.63) is 11.9 Å². The highest BCUT2D eigenvalue weighted by atomic mass is 16.6. The van der Waals surface area contributed by atoms with Crippen LogP contribution in [0.4, 0.5) is 4.79 Å². The Hall–Kier alpha value is -1.56. The Bertz CT molecular complexity index is 553. The molecule has 2 aliphatic rings. The summed E-state index contributed by atoms with van der Waals surface area (Å²) in [4.78, 5) is 16.5. The molecule has 0 saturated heterocycles. The van der Waals surface area contributed by atoms with Crippen molar-refractivity contribution in [2.45, 2.75) is 71.6 Å². The third kappa shape index (κ3) is 4.54. The van der Waals surface area contributed by atoms with Crippen LogP contribution in [0.15, 0.2) is 16.9 Å². The van der Waals surface area contributed by atoms with E-state index in [2.05, 4.69) is 24.2 Å². The van der Waals surface area contributed by atoms with Crippen molar-refractivity contribution in [1.29, 1.82) is 0 Å². The normalized spacial score (nSPS) is 35.8. The number of hydrogen-bond donors (Lipinski definition) is 2. The molecule has 0 aromatic rings. The van der Waals surface area contributed by atoms with Crippen molar-refractivity contribution in [3.8, 4) is 0 Å². The van der Waals surface area contributed by atoms with Crippen molar-refractivity contribution in [2.24, 2.45) is 28.0 Å². The average Bonchev–Trinajstić information content (AvgIpc) is 2.48. The Morgan fingerprint density at radius 1 is 1.40 bits per heavy atom. The Morgan fingerprint density at radius 3 is 2.64 bits per heavy atom. The number of aliphatic imine (C=N–C) groups is 1. The Balaban J connectivity index is 2.15. The molecule has 6 heteroatoms. The molecule has 1 fully saturated rings. The van der Waals surface area contributed by atoms with Crippen molar-refractivity contribution >= 4 is 12.3 Å². The van der Waals surface area contributed by atoms with Gasteiger partial charge in [-0.15, -0.1) is 0 Å². The first kappa shape index (κ1) is 19.8. The molecule has 0 radical (unpaired) electrons. The molecule has 1 heterocycles. The van der Waals surface area contributed by atoms with E-state index < -0.39 is 11.7 Å². The monoisotopic (exact) mass is 351 g/mol. The molecule has 142 valence electrons. The SMILES string of the molecule is COC1C(C)CC(C2(C)CC=NC=C2N)CC1NC(=O)OC(C)(C)C. The van der Waals surface area contributed by atoms with E-state index in [1.165, 1.54) is 0 Å². The van der Waals surface area contributed by atoms with Crippen LogP contribution < -0.4 is 11.1 Å². The highest BCUT2D eigenvalue weighted by Gasteiger charge is 2.46. The Morgan fingerprint density at radius 2 is 2.08 bits per heavy atom. The molecule has 0 aromatic heterocycles. The quantitative estimate of drug-likeness (QED) is 0.817. The molecule has 0 bridgehead atoms. The summed E-state index contributed by atoms with van der Waals surface area (Å²) in [5.74, 6) is 0.656. The minimum absolute atomic E-state index is 0.0326. The lowest BCUT2D eigenvalue weighted by Crippen LogP contribution is -2.54.